The Labute approximate surface area is 190 Å². The molecule has 0 saturated carbocycles. The number of hydrogen-bond acceptors (Lipinski definition) is 6. The number of ether oxygens (including phenoxy) is 2. The molecule has 2 heterocycles. The number of anilines is 2. The minimum atomic E-state index is -4.48. The van der Waals surface area contributed by atoms with E-state index < -0.39 is 17.8 Å². The molecule has 176 valence electrons. The number of alkyl halides is 3. The van der Waals surface area contributed by atoms with Crippen LogP contribution in [-0.4, -0.2) is 22.2 Å². The van der Waals surface area contributed by atoms with E-state index in [1.165, 1.54) is 6.07 Å². The summed E-state index contributed by atoms with van der Waals surface area (Å²) in [5.74, 6) is 2.22. The fourth-order valence-corrected chi connectivity index (χ4v) is 3.95. The van der Waals surface area contributed by atoms with Crippen molar-refractivity contribution in [1.82, 2.24) is 9.97 Å². The Hall–Kier alpha value is -3.23. The van der Waals surface area contributed by atoms with E-state index in [0.717, 1.165) is 25.0 Å². The molecular formula is C24H27F3N4O2. The van der Waals surface area contributed by atoms with Crippen molar-refractivity contribution in [2.75, 3.05) is 11.1 Å². The van der Waals surface area contributed by atoms with Crippen molar-refractivity contribution >= 4 is 22.4 Å². The Kier molecular flexibility index (Phi) is 5.99. The highest BCUT2D eigenvalue weighted by atomic mass is 19.4. The number of aryl methyl sites for hydroxylation is 1. The van der Waals surface area contributed by atoms with Gasteiger partial charge >= 0.3 is 6.18 Å². The number of hydrogen-bond donors (Lipinski definition) is 2. The monoisotopic (exact) mass is 460 g/mol. The van der Waals surface area contributed by atoms with Crippen LogP contribution in [0.2, 0.25) is 0 Å². The number of halogens is 3. The van der Waals surface area contributed by atoms with Crippen molar-refractivity contribution in [1.29, 1.82) is 0 Å². The van der Waals surface area contributed by atoms with E-state index in [2.05, 4.69) is 15.3 Å². The van der Waals surface area contributed by atoms with E-state index in [1.54, 1.807) is 13.8 Å². The summed E-state index contributed by atoms with van der Waals surface area (Å²) in [5.41, 5.74) is 6.07. The van der Waals surface area contributed by atoms with Gasteiger partial charge in [0.2, 0.25) is 0 Å². The number of benzene rings is 2. The van der Waals surface area contributed by atoms with Gasteiger partial charge in [0, 0.05) is 17.1 Å². The molecule has 0 unspecified atom stereocenters. The molecule has 0 aliphatic carbocycles. The molecule has 3 atom stereocenters. The van der Waals surface area contributed by atoms with Gasteiger partial charge in [0.05, 0.1) is 29.3 Å². The maximum absolute atomic E-state index is 13.3. The minimum absolute atomic E-state index is 0.0160. The smallest absolute Gasteiger partial charge is 0.416 e. The first-order chi connectivity index (χ1) is 15.5. The Morgan fingerprint density at radius 3 is 2.27 bits per heavy atom. The summed E-state index contributed by atoms with van der Waals surface area (Å²) >= 11 is 0. The molecule has 6 nitrogen and oxygen atoms in total. The topological polar surface area (TPSA) is 82.3 Å². The first kappa shape index (κ1) is 22.9. The number of nitrogens with one attached hydrogen (secondary N) is 1. The third kappa shape index (κ3) is 5.07. The van der Waals surface area contributed by atoms with Crippen LogP contribution in [0.3, 0.4) is 0 Å². The van der Waals surface area contributed by atoms with Gasteiger partial charge < -0.3 is 20.5 Å². The molecule has 3 aromatic rings. The number of fused-ring (bicyclic) bond motifs is 2. The number of aromatic nitrogens is 2. The van der Waals surface area contributed by atoms with E-state index in [9.17, 15) is 13.2 Å². The van der Waals surface area contributed by atoms with Gasteiger partial charge in [-0.25, -0.2) is 9.97 Å². The van der Waals surface area contributed by atoms with Crippen molar-refractivity contribution in [2.45, 2.75) is 65.0 Å². The zero-order chi connectivity index (χ0) is 23.9. The van der Waals surface area contributed by atoms with E-state index in [0.29, 0.717) is 39.6 Å². The summed E-state index contributed by atoms with van der Waals surface area (Å²) < 4.78 is 51.9. The van der Waals surface area contributed by atoms with Crippen LogP contribution in [0.15, 0.2) is 30.3 Å². The molecule has 0 bridgehead atoms. The van der Waals surface area contributed by atoms with Gasteiger partial charge in [0.15, 0.2) is 11.5 Å². The summed E-state index contributed by atoms with van der Waals surface area (Å²) in [5, 5.41) is 3.92. The predicted molar refractivity (Wildman–Crippen MR) is 122 cm³/mol. The van der Waals surface area contributed by atoms with Crippen LogP contribution in [0.5, 0.6) is 11.5 Å². The fraction of sp³-hybridized carbons (Fsp3) is 0.417. The fourth-order valence-electron chi connectivity index (χ4n) is 3.95. The van der Waals surface area contributed by atoms with E-state index in [1.807, 2.05) is 26.0 Å². The lowest BCUT2D eigenvalue weighted by atomic mass is 10.0. The number of nitrogens with zero attached hydrogens (tertiary/aromatic N) is 2. The average molecular weight is 461 g/mol. The summed E-state index contributed by atoms with van der Waals surface area (Å²) in [6, 6.07) is 6.71. The molecule has 2 aromatic carbocycles. The van der Waals surface area contributed by atoms with E-state index >= 15 is 0 Å². The summed E-state index contributed by atoms with van der Waals surface area (Å²) in [4.78, 5) is 9.04. The normalized spacial score (nSPS) is 19.6. The zero-order valence-electron chi connectivity index (χ0n) is 19.0. The SMILES string of the molecule is Cc1nc(N[C@H](C)c2cc(N)cc(C(F)(F)F)c2)c2cc3c(cc2n1)O[C@@H](C)CC[C@@H](C)O3. The summed E-state index contributed by atoms with van der Waals surface area (Å²) in [6.45, 7) is 7.55. The Morgan fingerprint density at radius 1 is 1.00 bits per heavy atom. The molecule has 0 spiro atoms. The first-order valence-electron chi connectivity index (χ1n) is 10.9. The van der Waals surface area contributed by atoms with E-state index in [-0.39, 0.29) is 17.9 Å². The number of rotatable bonds is 3. The molecule has 33 heavy (non-hydrogen) atoms. The van der Waals surface area contributed by atoms with Crippen LogP contribution in [-0.2, 0) is 6.18 Å². The molecule has 0 radical (unpaired) electrons. The zero-order valence-corrected chi connectivity index (χ0v) is 19.0. The lowest BCUT2D eigenvalue weighted by Gasteiger charge is -2.26. The quantitative estimate of drug-likeness (QED) is 0.464. The molecule has 0 saturated heterocycles. The van der Waals surface area contributed by atoms with Gasteiger partial charge in [0.25, 0.3) is 0 Å². The highest BCUT2D eigenvalue weighted by Crippen LogP contribution is 2.39. The van der Waals surface area contributed by atoms with Crippen LogP contribution in [0.25, 0.3) is 10.9 Å². The second kappa shape index (κ2) is 8.61. The average Bonchev–Trinajstić information content (AvgIpc) is 2.71. The molecular weight excluding hydrogens is 433 g/mol. The van der Waals surface area contributed by atoms with Crippen molar-refractivity contribution in [2.24, 2.45) is 0 Å². The Bertz CT molecular complexity index is 1180. The molecule has 1 aliphatic heterocycles. The molecule has 0 fully saturated rings. The second-order valence-electron chi connectivity index (χ2n) is 8.62. The third-order valence-electron chi connectivity index (χ3n) is 5.67. The van der Waals surface area contributed by atoms with Crippen molar-refractivity contribution < 1.29 is 22.6 Å². The largest absolute Gasteiger partial charge is 0.487 e. The number of nitrogen functional groups attached to an aromatic ring is 1. The van der Waals surface area contributed by atoms with Gasteiger partial charge in [-0.1, -0.05) is 0 Å². The highest BCUT2D eigenvalue weighted by molar-refractivity contribution is 5.92. The molecule has 0 amide bonds. The van der Waals surface area contributed by atoms with Crippen LogP contribution in [0, 0.1) is 6.92 Å². The molecule has 1 aromatic heterocycles. The van der Waals surface area contributed by atoms with E-state index in [4.69, 9.17) is 15.2 Å². The van der Waals surface area contributed by atoms with Gasteiger partial charge in [-0.05, 0) is 70.4 Å². The van der Waals surface area contributed by atoms with Gasteiger partial charge in [-0.15, -0.1) is 0 Å². The van der Waals surface area contributed by atoms with Crippen molar-refractivity contribution in [3.63, 3.8) is 0 Å². The standard InChI is InChI=1S/C24H27F3N4O2/c1-12-5-6-13(2)33-22-11-20-19(10-21(22)32-12)23(31-15(4)30-20)29-14(3)16-7-17(24(25,26)27)9-18(28)8-16/h7-14H,5-6,28H2,1-4H3,(H,29,30,31)/t12-,13+,14-/m1/s1. The maximum Gasteiger partial charge on any atom is 0.416 e. The lowest BCUT2D eigenvalue weighted by molar-refractivity contribution is -0.137. The van der Waals surface area contributed by atoms with Gasteiger partial charge in [-0.2, -0.15) is 13.2 Å². The van der Waals surface area contributed by atoms with Crippen molar-refractivity contribution in [3.8, 4) is 11.5 Å². The maximum atomic E-state index is 13.3. The first-order valence-corrected chi connectivity index (χ1v) is 10.9. The lowest BCUT2D eigenvalue weighted by Crippen LogP contribution is -2.22. The molecule has 1 aliphatic rings. The highest BCUT2D eigenvalue weighted by Gasteiger charge is 2.31. The van der Waals surface area contributed by atoms with Crippen LogP contribution in [0.1, 0.15) is 56.6 Å². The van der Waals surface area contributed by atoms with Crippen LogP contribution >= 0.6 is 0 Å². The summed E-state index contributed by atoms with van der Waals surface area (Å²) in [6.07, 6.45) is -2.68. The number of nitrogens with two attached hydrogens (primary N) is 1. The molecule has 4 rings (SSSR count). The minimum Gasteiger partial charge on any atom is -0.487 e. The van der Waals surface area contributed by atoms with Crippen LogP contribution in [0.4, 0.5) is 24.7 Å². The second-order valence-corrected chi connectivity index (χ2v) is 8.62. The summed E-state index contributed by atoms with van der Waals surface area (Å²) in [7, 11) is 0. The Balaban J connectivity index is 1.74. The predicted octanol–water partition coefficient (Wildman–Crippen LogP) is 6.04. The Morgan fingerprint density at radius 2 is 1.64 bits per heavy atom. The van der Waals surface area contributed by atoms with Gasteiger partial charge in [0.1, 0.15) is 11.6 Å². The van der Waals surface area contributed by atoms with Crippen molar-refractivity contribution in [3.05, 3.63) is 47.3 Å². The molecule has 9 heteroatoms. The molecule has 3 N–H and O–H groups in total. The third-order valence-corrected chi connectivity index (χ3v) is 5.67. The van der Waals surface area contributed by atoms with Crippen LogP contribution < -0.4 is 20.5 Å². The van der Waals surface area contributed by atoms with Gasteiger partial charge in [-0.3, -0.25) is 0 Å².